The van der Waals surface area contributed by atoms with Crippen LogP contribution in [0.5, 0.6) is 0 Å². The molecular formula is C19H22N4O4. The minimum Gasteiger partial charge on any atom is -0.465 e. The molecule has 0 saturated carbocycles. The van der Waals surface area contributed by atoms with Crippen LogP contribution in [0.1, 0.15) is 23.2 Å². The van der Waals surface area contributed by atoms with E-state index in [-0.39, 0.29) is 18.2 Å². The van der Waals surface area contributed by atoms with Crippen molar-refractivity contribution in [2.45, 2.75) is 18.9 Å². The minimum atomic E-state index is -0.465. The average molecular weight is 370 g/mol. The maximum atomic E-state index is 12.9. The number of nitrogens with zero attached hydrogens (tertiary/aromatic N) is 4. The third-order valence-corrected chi connectivity index (χ3v) is 5.06. The summed E-state index contributed by atoms with van der Waals surface area (Å²) in [6.07, 6.45) is 0.659. The second-order valence-electron chi connectivity index (χ2n) is 6.61. The molecule has 1 aromatic carbocycles. The Hall–Kier alpha value is -2.76. The largest absolute Gasteiger partial charge is 0.465 e. The summed E-state index contributed by atoms with van der Waals surface area (Å²) < 4.78 is 4.66. The molecule has 2 saturated heterocycles. The first-order valence-electron chi connectivity index (χ1n) is 8.93. The molecule has 2 heterocycles. The second-order valence-corrected chi connectivity index (χ2v) is 6.61. The lowest BCUT2D eigenvalue weighted by Crippen LogP contribution is -2.52. The van der Waals surface area contributed by atoms with Crippen LogP contribution in [0, 0.1) is 11.3 Å². The fraction of sp³-hybridized carbons (Fsp3) is 0.474. The second kappa shape index (κ2) is 8.29. The Morgan fingerprint density at radius 2 is 1.85 bits per heavy atom. The van der Waals surface area contributed by atoms with Crippen LogP contribution in [-0.2, 0) is 14.3 Å². The number of methoxy groups -OCH3 is 1. The first-order chi connectivity index (χ1) is 13.0. The minimum absolute atomic E-state index is 0.162. The molecule has 2 fully saturated rings. The summed E-state index contributed by atoms with van der Waals surface area (Å²) in [6, 6.07) is 7.96. The zero-order valence-corrected chi connectivity index (χ0v) is 15.3. The zero-order valence-electron chi connectivity index (χ0n) is 15.3. The van der Waals surface area contributed by atoms with Crippen LogP contribution in [0.3, 0.4) is 0 Å². The first kappa shape index (κ1) is 19.0. The lowest BCUT2D eigenvalue weighted by molar-refractivity contribution is -0.123. The molecule has 0 bridgehead atoms. The van der Waals surface area contributed by atoms with Crippen LogP contribution < -0.4 is 4.90 Å². The number of hydrogen-bond acceptors (Lipinski definition) is 7. The molecule has 3 rings (SSSR count). The Morgan fingerprint density at radius 1 is 1.19 bits per heavy atom. The van der Waals surface area contributed by atoms with Crippen molar-refractivity contribution in [3.8, 4) is 6.07 Å². The number of hydrogen-bond donors (Lipinski definition) is 0. The Kier molecular flexibility index (Phi) is 5.84. The molecule has 0 aromatic heterocycles. The topological polar surface area (TPSA) is 93.9 Å². The van der Waals surface area contributed by atoms with Gasteiger partial charge in [-0.25, -0.2) is 9.69 Å². The van der Waals surface area contributed by atoms with Gasteiger partial charge < -0.3 is 4.74 Å². The Balaban J connectivity index is 1.65. The molecule has 142 valence electrons. The van der Waals surface area contributed by atoms with Gasteiger partial charge in [0.25, 0.3) is 5.91 Å². The molecule has 0 spiro atoms. The molecule has 0 radical (unpaired) electrons. The van der Waals surface area contributed by atoms with Gasteiger partial charge in [0.2, 0.25) is 5.91 Å². The molecule has 8 nitrogen and oxygen atoms in total. The fourth-order valence-electron chi connectivity index (χ4n) is 3.54. The summed E-state index contributed by atoms with van der Waals surface area (Å²) in [5.74, 6) is -0.924. The predicted octanol–water partition coefficient (Wildman–Crippen LogP) is 0.636. The third kappa shape index (κ3) is 3.99. The smallest absolute Gasteiger partial charge is 0.337 e. The highest BCUT2D eigenvalue weighted by Crippen LogP contribution is 2.26. The maximum Gasteiger partial charge on any atom is 0.337 e. The van der Waals surface area contributed by atoms with Crippen molar-refractivity contribution in [2.24, 2.45) is 0 Å². The summed E-state index contributed by atoms with van der Waals surface area (Å²) >= 11 is 0. The number of piperazine rings is 1. The van der Waals surface area contributed by atoms with Crippen LogP contribution in [0.15, 0.2) is 24.3 Å². The Bertz CT molecular complexity index is 763. The lowest BCUT2D eigenvalue weighted by Gasteiger charge is -2.36. The third-order valence-electron chi connectivity index (χ3n) is 5.06. The number of anilines is 1. The summed E-state index contributed by atoms with van der Waals surface area (Å²) in [5, 5.41) is 8.68. The molecule has 2 aliphatic heterocycles. The molecule has 0 N–H and O–H groups in total. The number of nitriles is 1. The van der Waals surface area contributed by atoms with Gasteiger partial charge >= 0.3 is 5.97 Å². The van der Waals surface area contributed by atoms with E-state index in [0.717, 1.165) is 19.6 Å². The molecule has 1 atom stereocenters. The number of rotatable bonds is 5. The lowest BCUT2D eigenvalue weighted by atomic mass is 10.1. The highest BCUT2D eigenvalue weighted by molar-refractivity contribution is 6.22. The normalized spacial score (nSPS) is 21.3. The SMILES string of the molecule is COC(=O)c1ccc(N2C(=O)CC(N3CCN(CCC#N)CC3)C2=O)cc1. The first-order valence-corrected chi connectivity index (χ1v) is 8.93. The number of amides is 2. The summed E-state index contributed by atoms with van der Waals surface area (Å²) in [5.41, 5.74) is 0.832. The van der Waals surface area contributed by atoms with Crippen molar-refractivity contribution in [2.75, 3.05) is 44.7 Å². The van der Waals surface area contributed by atoms with E-state index in [1.807, 2.05) is 4.90 Å². The van der Waals surface area contributed by atoms with Crippen LogP contribution in [-0.4, -0.2) is 73.5 Å². The number of ether oxygens (including phenoxy) is 1. The molecular weight excluding hydrogens is 348 g/mol. The maximum absolute atomic E-state index is 12.9. The Morgan fingerprint density at radius 3 is 2.44 bits per heavy atom. The van der Waals surface area contributed by atoms with Gasteiger partial charge in [0, 0.05) is 39.1 Å². The molecule has 2 aliphatic rings. The van der Waals surface area contributed by atoms with Crippen molar-refractivity contribution in [1.29, 1.82) is 5.26 Å². The summed E-state index contributed by atoms with van der Waals surface area (Å²) in [7, 11) is 1.30. The van der Waals surface area contributed by atoms with Gasteiger partial charge in [-0.1, -0.05) is 0 Å². The van der Waals surface area contributed by atoms with Gasteiger partial charge in [-0.3, -0.25) is 19.4 Å². The summed E-state index contributed by atoms with van der Waals surface area (Å²) in [6.45, 7) is 3.70. The van der Waals surface area contributed by atoms with E-state index < -0.39 is 12.0 Å². The highest BCUT2D eigenvalue weighted by atomic mass is 16.5. The van der Waals surface area contributed by atoms with Gasteiger partial charge in [0.15, 0.2) is 0 Å². The van der Waals surface area contributed by atoms with Crippen molar-refractivity contribution in [1.82, 2.24) is 9.80 Å². The van der Waals surface area contributed by atoms with Gasteiger partial charge in [0.1, 0.15) is 0 Å². The number of esters is 1. The van der Waals surface area contributed by atoms with E-state index >= 15 is 0 Å². The van der Waals surface area contributed by atoms with Crippen molar-refractivity contribution in [3.05, 3.63) is 29.8 Å². The van der Waals surface area contributed by atoms with Crippen molar-refractivity contribution < 1.29 is 19.1 Å². The highest BCUT2D eigenvalue weighted by Gasteiger charge is 2.43. The number of carbonyl (C=O) groups is 3. The van der Waals surface area contributed by atoms with Crippen LogP contribution in [0.4, 0.5) is 5.69 Å². The van der Waals surface area contributed by atoms with Crippen molar-refractivity contribution >= 4 is 23.5 Å². The quantitative estimate of drug-likeness (QED) is 0.554. The molecule has 1 unspecified atom stereocenters. The molecule has 8 heteroatoms. The van der Waals surface area contributed by atoms with Gasteiger partial charge in [-0.15, -0.1) is 0 Å². The molecule has 1 aromatic rings. The van der Waals surface area contributed by atoms with Crippen LogP contribution in [0.25, 0.3) is 0 Å². The van der Waals surface area contributed by atoms with Gasteiger partial charge in [-0.05, 0) is 24.3 Å². The molecule has 0 aliphatic carbocycles. The molecule has 27 heavy (non-hydrogen) atoms. The Labute approximate surface area is 157 Å². The average Bonchev–Trinajstić information content (AvgIpc) is 3.00. The van der Waals surface area contributed by atoms with Crippen LogP contribution in [0.2, 0.25) is 0 Å². The van der Waals surface area contributed by atoms with Gasteiger partial charge in [-0.2, -0.15) is 5.26 Å². The van der Waals surface area contributed by atoms with E-state index in [1.54, 1.807) is 24.3 Å². The van der Waals surface area contributed by atoms with E-state index in [4.69, 9.17) is 5.26 Å². The van der Waals surface area contributed by atoms with E-state index in [2.05, 4.69) is 15.7 Å². The fourth-order valence-corrected chi connectivity index (χ4v) is 3.54. The van der Waals surface area contributed by atoms with E-state index in [9.17, 15) is 14.4 Å². The number of carbonyl (C=O) groups excluding carboxylic acids is 3. The monoisotopic (exact) mass is 370 g/mol. The van der Waals surface area contributed by atoms with E-state index in [0.29, 0.717) is 30.8 Å². The molecule has 2 amide bonds. The number of benzene rings is 1. The van der Waals surface area contributed by atoms with E-state index in [1.165, 1.54) is 12.0 Å². The van der Waals surface area contributed by atoms with Crippen LogP contribution >= 0.6 is 0 Å². The predicted molar refractivity (Wildman–Crippen MR) is 96.9 cm³/mol. The standard InChI is InChI=1S/C19H22N4O4/c1-27-19(26)14-3-5-15(6-4-14)23-17(24)13-16(18(23)25)22-11-9-21(10-12-22)8-2-7-20/h3-6,16H,2,8-13H2,1H3. The number of imide groups is 1. The van der Waals surface area contributed by atoms with Gasteiger partial charge in [0.05, 0.1) is 36.9 Å². The zero-order chi connectivity index (χ0) is 19.4. The van der Waals surface area contributed by atoms with Crippen molar-refractivity contribution in [3.63, 3.8) is 0 Å². The summed E-state index contributed by atoms with van der Waals surface area (Å²) in [4.78, 5) is 42.3.